The molecule has 0 spiro atoms. The SMILES string of the molecule is Cc1ccc(C(=O)Nc2c(C)cccc2N)c(O)c1. The molecule has 0 atom stereocenters. The molecule has 0 unspecified atom stereocenters. The molecule has 2 aromatic rings. The Hall–Kier alpha value is -2.49. The first-order chi connectivity index (χ1) is 8.99. The van der Waals surface area contributed by atoms with Crippen molar-refractivity contribution in [3.05, 3.63) is 53.1 Å². The van der Waals surface area contributed by atoms with Gasteiger partial charge in [0.2, 0.25) is 0 Å². The van der Waals surface area contributed by atoms with Gasteiger partial charge in [-0.1, -0.05) is 18.2 Å². The van der Waals surface area contributed by atoms with Gasteiger partial charge in [-0.3, -0.25) is 4.79 Å². The number of nitrogens with two attached hydrogens (primary N) is 1. The number of benzene rings is 2. The van der Waals surface area contributed by atoms with E-state index >= 15 is 0 Å². The standard InChI is InChI=1S/C15H16N2O2/c1-9-6-7-11(13(18)8-9)15(19)17-14-10(2)4-3-5-12(14)16/h3-8,18H,16H2,1-2H3,(H,17,19). The van der Waals surface area contributed by atoms with Crippen LogP contribution in [0.25, 0.3) is 0 Å². The maximum atomic E-state index is 12.1. The predicted octanol–water partition coefficient (Wildman–Crippen LogP) is 2.84. The molecule has 4 nitrogen and oxygen atoms in total. The van der Waals surface area contributed by atoms with Gasteiger partial charge in [0.25, 0.3) is 5.91 Å². The first-order valence-corrected chi connectivity index (χ1v) is 5.95. The number of nitrogen functional groups attached to an aromatic ring is 1. The quantitative estimate of drug-likeness (QED) is 0.723. The molecule has 19 heavy (non-hydrogen) atoms. The number of phenolic OH excluding ortho intramolecular Hbond substituents is 1. The highest BCUT2D eigenvalue weighted by atomic mass is 16.3. The molecule has 0 saturated carbocycles. The number of amides is 1. The zero-order valence-corrected chi connectivity index (χ0v) is 10.9. The largest absolute Gasteiger partial charge is 0.507 e. The van der Waals surface area contributed by atoms with Crippen LogP contribution in [0.4, 0.5) is 11.4 Å². The lowest BCUT2D eigenvalue weighted by molar-refractivity contribution is 0.102. The molecule has 0 radical (unpaired) electrons. The fourth-order valence-corrected chi connectivity index (χ4v) is 1.88. The molecule has 0 bridgehead atoms. The molecule has 1 amide bonds. The summed E-state index contributed by atoms with van der Waals surface area (Å²) in [6.45, 7) is 3.71. The molecule has 0 fully saturated rings. The fraction of sp³-hybridized carbons (Fsp3) is 0.133. The van der Waals surface area contributed by atoms with Crippen LogP contribution in [0, 0.1) is 13.8 Å². The normalized spacial score (nSPS) is 10.2. The highest BCUT2D eigenvalue weighted by Gasteiger charge is 2.13. The third kappa shape index (κ3) is 2.68. The Bertz CT molecular complexity index is 616. The van der Waals surface area contributed by atoms with E-state index in [1.807, 2.05) is 26.0 Å². The van der Waals surface area contributed by atoms with Gasteiger partial charge in [0.15, 0.2) is 0 Å². The molecule has 0 saturated heterocycles. The topological polar surface area (TPSA) is 75.4 Å². The number of carbonyl (C=O) groups is 1. The van der Waals surface area contributed by atoms with Gasteiger partial charge in [-0.15, -0.1) is 0 Å². The van der Waals surface area contributed by atoms with Gasteiger partial charge in [0.05, 0.1) is 16.9 Å². The van der Waals surface area contributed by atoms with E-state index in [1.54, 1.807) is 24.3 Å². The van der Waals surface area contributed by atoms with Crippen molar-refractivity contribution in [1.82, 2.24) is 0 Å². The van der Waals surface area contributed by atoms with E-state index in [2.05, 4.69) is 5.32 Å². The number of para-hydroxylation sites is 1. The lowest BCUT2D eigenvalue weighted by Crippen LogP contribution is -2.14. The van der Waals surface area contributed by atoms with Crippen molar-refractivity contribution in [3.8, 4) is 5.75 Å². The summed E-state index contributed by atoms with van der Waals surface area (Å²) in [6.07, 6.45) is 0. The monoisotopic (exact) mass is 256 g/mol. The van der Waals surface area contributed by atoms with Crippen LogP contribution >= 0.6 is 0 Å². The van der Waals surface area contributed by atoms with Crippen LogP contribution in [0.15, 0.2) is 36.4 Å². The summed E-state index contributed by atoms with van der Waals surface area (Å²) in [5.74, 6) is -0.414. The molecular weight excluding hydrogens is 240 g/mol. The summed E-state index contributed by atoms with van der Waals surface area (Å²) >= 11 is 0. The van der Waals surface area contributed by atoms with E-state index in [1.165, 1.54) is 0 Å². The van der Waals surface area contributed by atoms with Gasteiger partial charge in [-0.05, 0) is 43.2 Å². The lowest BCUT2D eigenvalue weighted by Gasteiger charge is -2.12. The number of rotatable bonds is 2. The van der Waals surface area contributed by atoms with Gasteiger partial charge < -0.3 is 16.2 Å². The molecule has 0 aliphatic carbocycles. The third-order valence-corrected chi connectivity index (χ3v) is 2.94. The lowest BCUT2D eigenvalue weighted by atomic mass is 10.1. The third-order valence-electron chi connectivity index (χ3n) is 2.94. The highest BCUT2D eigenvalue weighted by molar-refractivity contribution is 6.07. The van der Waals surface area contributed by atoms with Crippen LogP contribution in [0.2, 0.25) is 0 Å². The number of carbonyl (C=O) groups excluding carboxylic acids is 1. The Balaban J connectivity index is 2.31. The van der Waals surface area contributed by atoms with Gasteiger partial charge in [-0.25, -0.2) is 0 Å². The smallest absolute Gasteiger partial charge is 0.259 e. The maximum Gasteiger partial charge on any atom is 0.259 e. The van der Waals surface area contributed by atoms with Gasteiger partial charge in [-0.2, -0.15) is 0 Å². The average Bonchev–Trinajstić information content (AvgIpc) is 2.33. The van der Waals surface area contributed by atoms with Crippen LogP contribution < -0.4 is 11.1 Å². The van der Waals surface area contributed by atoms with Crippen LogP contribution in [-0.2, 0) is 0 Å². The Morgan fingerprint density at radius 3 is 2.58 bits per heavy atom. The fourth-order valence-electron chi connectivity index (χ4n) is 1.88. The van der Waals surface area contributed by atoms with E-state index in [4.69, 9.17) is 5.73 Å². The summed E-state index contributed by atoms with van der Waals surface area (Å²) in [5, 5.41) is 12.5. The first kappa shape index (κ1) is 13.0. The van der Waals surface area contributed by atoms with Crippen molar-refractivity contribution in [2.24, 2.45) is 0 Å². The van der Waals surface area contributed by atoms with Crippen molar-refractivity contribution in [1.29, 1.82) is 0 Å². The zero-order chi connectivity index (χ0) is 14.0. The number of aromatic hydroxyl groups is 1. The van der Waals surface area contributed by atoms with Crippen LogP contribution in [-0.4, -0.2) is 11.0 Å². The number of aryl methyl sites for hydroxylation is 2. The second-order valence-electron chi connectivity index (χ2n) is 4.51. The number of phenols is 1. The maximum absolute atomic E-state index is 12.1. The van der Waals surface area contributed by atoms with Crippen molar-refractivity contribution in [3.63, 3.8) is 0 Å². The molecular formula is C15H16N2O2. The predicted molar refractivity (Wildman–Crippen MR) is 76.4 cm³/mol. The van der Waals surface area contributed by atoms with E-state index in [9.17, 15) is 9.90 Å². The summed E-state index contributed by atoms with van der Waals surface area (Å²) in [5.41, 5.74) is 8.91. The van der Waals surface area contributed by atoms with Gasteiger partial charge >= 0.3 is 0 Å². The Morgan fingerprint density at radius 2 is 1.95 bits per heavy atom. The number of hydrogen-bond donors (Lipinski definition) is 3. The molecule has 0 heterocycles. The summed E-state index contributed by atoms with van der Waals surface area (Å²) in [4.78, 5) is 12.1. The zero-order valence-electron chi connectivity index (χ0n) is 10.9. The summed E-state index contributed by atoms with van der Waals surface area (Å²) in [7, 11) is 0. The van der Waals surface area contributed by atoms with Crippen LogP contribution in [0.5, 0.6) is 5.75 Å². The number of nitrogens with one attached hydrogen (secondary N) is 1. The van der Waals surface area contributed by atoms with Crippen molar-refractivity contribution >= 4 is 17.3 Å². The van der Waals surface area contributed by atoms with E-state index in [0.29, 0.717) is 11.4 Å². The average molecular weight is 256 g/mol. The van der Waals surface area contributed by atoms with E-state index < -0.39 is 0 Å². The second-order valence-corrected chi connectivity index (χ2v) is 4.51. The van der Waals surface area contributed by atoms with Crippen molar-refractivity contribution in [2.45, 2.75) is 13.8 Å². The number of anilines is 2. The second kappa shape index (κ2) is 5.02. The molecule has 4 N–H and O–H groups in total. The molecule has 0 aliphatic heterocycles. The van der Waals surface area contributed by atoms with Crippen LogP contribution in [0.3, 0.4) is 0 Å². The van der Waals surface area contributed by atoms with E-state index in [0.717, 1.165) is 11.1 Å². The van der Waals surface area contributed by atoms with E-state index in [-0.39, 0.29) is 17.2 Å². The Labute approximate surface area is 111 Å². The summed E-state index contributed by atoms with van der Waals surface area (Å²) < 4.78 is 0. The molecule has 2 aromatic carbocycles. The minimum absolute atomic E-state index is 0.0374. The van der Waals surface area contributed by atoms with Crippen LogP contribution in [0.1, 0.15) is 21.5 Å². The molecule has 2 rings (SSSR count). The van der Waals surface area contributed by atoms with Gasteiger partial charge in [0.1, 0.15) is 5.75 Å². The minimum atomic E-state index is -0.376. The Kier molecular flexibility index (Phi) is 3.42. The highest BCUT2D eigenvalue weighted by Crippen LogP contribution is 2.25. The molecule has 4 heteroatoms. The Morgan fingerprint density at radius 1 is 1.21 bits per heavy atom. The van der Waals surface area contributed by atoms with Gasteiger partial charge in [0, 0.05) is 0 Å². The van der Waals surface area contributed by atoms with Crippen molar-refractivity contribution < 1.29 is 9.90 Å². The van der Waals surface area contributed by atoms with Crippen molar-refractivity contribution in [2.75, 3.05) is 11.1 Å². The molecule has 0 aliphatic rings. The number of hydrogen-bond acceptors (Lipinski definition) is 3. The first-order valence-electron chi connectivity index (χ1n) is 5.95. The molecule has 98 valence electrons. The summed E-state index contributed by atoms with van der Waals surface area (Å²) in [6, 6.07) is 10.3. The molecule has 0 aromatic heterocycles. The minimum Gasteiger partial charge on any atom is -0.507 e.